The molecule has 0 radical (unpaired) electrons. The summed E-state index contributed by atoms with van der Waals surface area (Å²) in [6, 6.07) is 12.0. The lowest BCUT2D eigenvalue weighted by Gasteiger charge is -2.10. The molecule has 1 fully saturated rings. The van der Waals surface area contributed by atoms with Crippen molar-refractivity contribution in [2.45, 2.75) is 11.3 Å². The van der Waals surface area contributed by atoms with Gasteiger partial charge < -0.3 is 4.74 Å². The summed E-state index contributed by atoms with van der Waals surface area (Å²) >= 11 is 5.93. The average molecular weight is 363 g/mol. The summed E-state index contributed by atoms with van der Waals surface area (Å²) in [6.07, 6.45) is 3.47. The summed E-state index contributed by atoms with van der Waals surface area (Å²) in [5.74, 6) is -0.329. The molecule has 6 heteroatoms. The van der Waals surface area contributed by atoms with Crippen LogP contribution in [0.25, 0.3) is 17.2 Å². The molecule has 0 spiro atoms. The maximum absolute atomic E-state index is 11.9. The van der Waals surface area contributed by atoms with Crippen molar-refractivity contribution in [3.8, 4) is 11.1 Å². The molecule has 0 atom stereocenters. The van der Waals surface area contributed by atoms with Gasteiger partial charge in [0.2, 0.25) is 0 Å². The molecule has 24 heavy (non-hydrogen) atoms. The first-order valence-corrected chi connectivity index (χ1v) is 9.59. The highest BCUT2D eigenvalue weighted by Gasteiger charge is 2.19. The summed E-state index contributed by atoms with van der Waals surface area (Å²) in [5.41, 5.74) is 2.89. The van der Waals surface area contributed by atoms with Crippen LogP contribution in [0, 0.1) is 0 Å². The topological polar surface area (TPSA) is 60.4 Å². The Bertz CT molecular complexity index is 928. The second-order valence-corrected chi connectivity index (χ2v) is 8.04. The zero-order valence-electron chi connectivity index (χ0n) is 13.0. The van der Waals surface area contributed by atoms with E-state index < -0.39 is 9.84 Å². The normalized spacial score (nSPS) is 16.4. The van der Waals surface area contributed by atoms with Crippen molar-refractivity contribution in [2.75, 3.05) is 12.9 Å². The van der Waals surface area contributed by atoms with Gasteiger partial charge in [-0.3, -0.25) is 0 Å². The second-order valence-electron chi connectivity index (χ2n) is 5.58. The number of rotatable bonds is 3. The SMILES string of the molecule is CS(=O)(=O)c1ccc(C=C2CCOC2=O)c(-c2ccc(Cl)cc2)c1. The van der Waals surface area contributed by atoms with E-state index in [2.05, 4.69) is 0 Å². The molecule has 0 N–H and O–H groups in total. The molecule has 0 amide bonds. The number of carbonyl (C=O) groups is 1. The molecule has 0 bridgehead atoms. The van der Waals surface area contributed by atoms with Crippen molar-refractivity contribution in [3.63, 3.8) is 0 Å². The number of cyclic esters (lactones) is 1. The Morgan fingerprint density at radius 3 is 2.42 bits per heavy atom. The third kappa shape index (κ3) is 3.52. The van der Waals surface area contributed by atoms with Crippen LogP contribution in [-0.2, 0) is 19.4 Å². The van der Waals surface area contributed by atoms with E-state index in [4.69, 9.17) is 16.3 Å². The van der Waals surface area contributed by atoms with Gasteiger partial charge in [-0.1, -0.05) is 29.8 Å². The van der Waals surface area contributed by atoms with E-state index in [1.165, 1.54) is 6.26 Å². The number of hydrogen-bond acceptors (Lipinski definition) is 4. The molecule has 0 aliphatic carbocycles. The van der Waals surface area contributed by atoms with Gasteiger partial charge in [-0.15, -0.1) is 0 Å². The molecule has 1 saturated heterocycles. The average Bonchev–Trinajstić information content (AvgIpc) is 2.93. The molecule has 1 heterocycles. The van der Waals surface area contributed by atoms with Gasteiger partial charge in [-0.25, -0.2) is 13.2 Å². The van der Waals surface area contributed by atoms with Crippen LogP contribution in [0.5, 0.6) is 0 Å². The monoisotopic (exact) mass is 362 g/mol. The minimum Gasteiger partial charge on any atom is -0.462 e. The van der Waals surface area contributed by atoms with Crippen LogP contribution in [-0.4, -0.2) is 27.2 Å². The molecular formula is C18H15ClO4S. The first-order chi connectivity index (χ1) is 11.3. The highest BCUT2D eigenvalue weighted by Crippen LogP contribution is 2.30. The third-order valence-corrected chi connectivity index (χ3v) is 5.17. The van der Waals surface area contributed by atoms with E-state index >= 15 is 0 Å². The number of sulfone groups is 1. The molecule has 0 aromatic heterocycles. The minimum atomic E-state index is -3.33. The van der Waals surface area contributed by atoms with E-state index in [9.17, 15) is 13.2 Å². The lowest BCUT2D eigenvalue weighted by Crippen LogP contribution is -1.99. The molecule has 124 valence electrons. The van der Waals surface area contributed by atoms with Gasteiger partial charge >= 0.3 is 5.97 Å². The Hall–Kier alpha value is -2.11. The lowest BCUT2D eigenvalue weighted by molar-refractivity contribution is -0.134. The van der Waals surface area contributed by atoms with Gasteiger partial charge in [0.25, 0.3) is 0 Å². The highest BCUT2D eigenvalue weighted by molar-refractivity contribution is 7.90. The quantitative estimate of drug-likeness (QED) is 0.616. The fraction of sp³-hybridized carbons (Fsp3) is 0.167. The van der Waals surface area contributed by atoms with Crippen LogP contribution in [0.15, 0.2) is 52.9 Å². The molecule has 4 nitrogen and oxygen atoms in total. The molecule has 1 aliphatic rings. The van der Waals surface area contributed by atoms with Gasteiger partial charge in [-0.2, -0.15) is 0 Å². The van der Waals surface area contributed by atoms with E-state index in [0.29, 0.717) is 23.6 Å². The Morgan fingerprint density at radius 1 is 1.12 bits per heavy atom. The number of ether oxygens (including phenoxy) is 1. The molecule has 2 aromatic rings. The first-order valence-electron chi connectivity index (χ1n) is 7.32. The molecule has 0 saturated carbocycles. The Labute approximate surface area is 145 Å². The largest absolute Gasteiger partial charge is 0.462 e. The highest BCUT2D eigenvalue weighted by atomic mass is 35.5. The number of halogens is 1. The Balaban J connectivity index is 2.18. The van der Waals surface area contributed by atoms with E-state index in [1.807, 2.05) is 12.1 Å². The Morgan fingerprint density at radius 2 is 1.83 bits per heavy atom. The van der Waals surface area contributed by atoms with E-state index in [-0.39, 0.29) is 10.9 Å². The van der Waals surface area contributed by atoms with Crippen LogP contribution in [0.1, 0.15) is 12.0 Å². The summed E-state index contributed by atoms with van der Waals surface area (Å²) in [6.45, 7) is 0.377. The summed E-state index contributed by atoms with van der Waals surface area (Å²) in [5, 5.41) is 0.595. The van der Waals surface area contributed by atoms with Crippen LogP contribution >= 0.6 is 11.6 Å². The number of hydrogen-bond donors (Lipinski definition) is 0. The van der Waals surface area contributed by atoms with Gasteiger partial charge in [0.05, 0.1) is 11.5 Å². The van der Waals surface area contributed by atoms with E-state index in [1.54, 1.807) is 36.4 Å². The lowest BCUT2D eigenvalue weighted by atomic mass is 9.98. The smallest absolute Gasteiger partial charge is 0.334 e. The predicted molar refractivity (Wildman–Crippen MR) is 93.6 cm³/mol. The maximum Gasteiger partial charge on any atom is 0.334 e. The van der Waals surface area contributed by atoms with Crippen molar-refractivity contribution >= 4 is 33.5 Å². The zero-order chi connectivity index (χ0) is 17.3. The number of benzene rings is 2. The van der Waals surface area contributed by atoms with Crippen LogP contribution < -0.4 is 0 Å². The number of carbonyl (C=O) groups excluding carboxylic acids is 1. The van der Waals surface area contributed by atoms with Gasteiger partial charge in [-0.05, 0) is 47.0 Å². The summed E-state index contributed by atoms with van der Waals surface area (Å²) in [4.78, 5) is 11.9. The van der Waals surface area contributed by atoms with Crippen LogP contribution in [0.3, 0.4) is 0 Å². The molecule has 0 unspecified atom stereocenters. The maximum atomic E-state index is 11.9. The van der Waals surface area contributed by atoms with Crippen LogP contribution in [0.2, 0.25) is 5.02 Å². The summed E-state index contributed by atoms with van der Waals surface area (Å²) < 4.78 is 28.7. The van der Waals surface area contributed by atoms with Crippen molar-refractivity contribution in [3.05, 3.63) is 58.6 Å². The van der Waals surface area contributed by atoms with Gasteiger partial charge in [0.1, 0.15) is 0 Å². The fourth-order valence-electron chi connectivity index (χ4n) is 2.54. The molecular weight excluding hydrogens is 348 g/mol. The molecule has 2 aromatic carbocycles. The van der Waals surface area contributed by atoms with Crippen molar-refractivity contribution in [1.29, 1.82) is 0 Å². The summed E-state index contributed by atoms with van der Waals surface area (Å²) in [7, 11) is -3.33. The van der Waals surface area contributed by atoms with Crippen molar-refractivity contribution in [1.82, 2.24) is 0 Å². The number of esters is 1. The van der Waals surface area contributed by atoms with Gasteiger partial charge in [0.15, 0.2) is 9.84 Å². The zero-order valence-corrected chi connectivity index (χ0v) is 14.5. The fourth-order valence-corrected chi connectivity index (χ4v) is 3.31. The minimum absolute atomic E-state index is 0.226. The van der Waals surface area contributed by atoms with Crippen LogP contribution in [0.4, 0.5) is 0 Å². The van der Waals surface area contributed by atoms with E-state index in [0.717, 1.165) is 16.7 Å². The molecule has 3 rings (SSSR count). The van der Waals surface area contributed by atoms with Gasteiger partial charge in [0, 0.05) is 23.3 Å². The first kappa shape index (κ1) is 16.7. The van der Waals surface area contributed by atoms with Crippen molar-refractivity contribution in [2.24, 2.45) is 0 Å². The third-order valence-electron chi connectivity index (χ3n) is 3.80. The standard InChI is InChI=1S/C18H15ClO4S/c1-24(21,22)16-7-4-13(10-14-8-9-23-18(14)20)17(11-16)12-2-5-15(19)6-3-12/h2-7,10-11H,8-9H2,1H3. The molecule has 1 aliphatic heterocycles. The predicted octanol–water partition coefficient (Wildman–Crippen LogP) is 3.74. The second kappa shape index (κ2) is 6.42. The Kier molecular flexibility index (Phi) is 4.47. The van der Waals surface area contributed by atoms with Crippen molar-refractivity contribution < 1.29 is 17.9 Å².